The molecule has 0 bridgehead atoms. The summed E-state index contributed by atoms with van der Waals surface area (Å²) in [6.07, 6.45) is 1.01. The molecule has 0 saturated carbocycles. The number of methoxy groups -OCH3 is 1. The van der Waals surface area contributed by atoms with Crippen molar-refractivity contribution >= 4 is 16.7 Å². The van der Waals surface area contributed by atoms with Crippen LogP contribution in [0.5, 0.6) is 11.5 Å². The van der Waals surface area contributed by atoms with E-state index in [0.717, 1.165) is 10.9 Å². The normalized spacial score (nSPS) is 11.7. The van der Waals surface area contributed by atoms with Crippen molar-refractivity contribution in [3.63, 3.8) is 0 Å². The molecule has 5 heteroatoms. The summed E-state index contributed by atoms with van der Waals surface area (Å²) in [5.41, 5.74) is 1.96. The smallest absolute Gasteiger partial charge is 0.205 e. The van der Waals surface area contributed by atoms with Crippen LogP contribution >= 0.6 is 0 Å². The Morgan fingerprint density at radius 3 is 2.75 bits per heavy atom. The fourth-order valence-electron chi connectivity index (χ4n) is 2.57. The summed E-state index contributed by atoms with van der Waals surface area (Å²) in [4.78, 5) is 15.8. The number of H-pyrrole nitrogens is 1. The van der Waals surface area contributed by atoms with Crippen LogP contribution in [-0.2, 0) is 0 Å². The van der Waals surface area contributed by atoms with E-state index in [9.17, 15) is 4.79 Å². The number of nitrogens with one attached hydrogen (secondary N) is 1. The Hall–Kier alpha value is -3.26. The van der Waals surface area contributed by atoms with Crippen LogP contribution < -0.4 is 9.47 Å². The SMILES string of the molecule is COc1cc(C#N)ccc1O[C@@H](C)C(=O)c1c[nH]c2ccccc12. The van der Waals surface area contributed by atoms with Crippen molar-refractivity contribution < 1.29 is 14.3 Å². The lowest BCUT2D eigenvalue weighted by molar-refractivity contribution is 0.0815. The molecule has 0 spiro atoms. The van der Waals surface area contributed by atoms with Crippen molar-refractivity contribution in [2.24, 2.45) is 0 Å². The number of rotatable bonds is 5. The largest absolute Gasteiger partial charge is 0.493 e. The number of Topliss-reactive ketones (excluding diaryl/α,β-unsaturated/α-hetero) is 1. The summed E-state index contributed by atoms with van der Waals surface area (Å²) in [6, 6.07) is 14.5. The van der Waals surface area contributed by atoms with Gasteiger partial charge in [-0.2, -0.15) is 5.26 Å². The summed E-state index contributed by atoms with van der Waals surface area (Å²) < 4.78 is 11.0. The Morgan fingerprint density at radius 1 is 1.21 bits per heavy atom. The van der Waals surface area contributed by atoms with Gasteiger partial charge in [-0.3, -0.25) is 4.79 Å². The lowest BCUT2D eigenvalue weighted by Gasteiger charge is -2.16. The van der Waals surface area contributed by atoms with Crippen molar-refractivity contribution in [1.29, 1.82) is 5.26 Å². The third-order valence-electron chi connectivity index (χ3n) is 3.82. The molecule has 5 nitrogen and oxygen atoms in total. The van der Waals surface area contributed by atoms with E-state index in [1.807, 2.05) is 30.3 Å². The van der Waals surface area contributed by atoms with Gasteiger partial charge in [-0.15, -0.1) is 0 Å². The van der Waals surface area contributed by atoms with Crippen LogP contribution in [0.25, 0.3) is 10.9 Å². The molecule has 120 valence electrons. The molecule has 3 rings (SSSR count). The highest BCUT2D eigenvalue weighted by atomic mass is 16.5. The zero-order valence-corrected chi connectivity index (χ0v) is 13.4. The molecule has 1 atom stereocenters. The number of nitriles is 1. The van der Waals surface area contributed by atoms with Gasteiger partial charge in [0.1, 0.15) is 0 Å². The van der Waals surface area contributed by atoms with Crippen LogP contribution in [0, 0.1) is 11.3 Å². The van der Waals surface area contributed by atoms with E-state index < -0.39 is 6.10 Å². The maximum absolute atomic E-state index is 12.7. The summed E-state index contributed by atoms with van der Waals surface area (Å²) in [6.45, 7) is 1.70. The molecule has 0 radical (unpaired) electrons. The summed E-state index contributed by atoms with van der Waals surface area (Å²) >= 11 is 0. The van der Waals surface area contributed by atoms with Crippen LogP contribution in [-0.4, -0.2) is 24.0 Å². The Kier molecular flexibility index (Phi) is 4.21. The number of hydrogen-bond donors (Lipinski definition) is 1. The van der Waals surface area contributed by atoms with Gasteiger partial charge in [0, 0.05) is 28.7 Å². The number of benzene rings is 2. The number of carbonyl (C=O) groups excluding carboxylic acids is 1. The minimum absolute atomic E-state index is 0.126. The first-order valence-electron chi connectivity index (χ1n) is 7.49. The number of ether oxygens (including phenoxy) is 2. The van der Waals surface area contributed by atoms with Gasteiger partial charge in [0.25, 0.3) is 0 Å². The molecule has 24 heavy (non-hydrogen) atoms. The van der Waals surface area contributed by atoms with Gasteiger partial charge in [-0.1, -0.05) is 18.2 Å². The first kappa shape index (κ1) is 15.6. The van der Waals surface area contributed by atoms with E-state index >= 15 is 0 Å². The van der Waals surface area contributed by atoms with Crippen LogP contribution in [0.4, 0.5) is 0 Å². The standard InChI is InChI=1S/C19H16N2O3/c1-12(24-17-8-7-13(10-20)9-18(17)23-2)19(22)15-11-21-16-6-4-3-5-14(15)16/h3-9,11-12,21H,1-2H3/t12-/m0/s1. The van der Waals surface area contributed by atoms with Gasteiger partial charge in [-0.25, -0.2) is 0 Å². The number of aromatic nitrogens is 1. The average Bonchev–Trinajstić information content (AvgIpc) is 3.05. The number of para-hydroxylation sites is 1. The molecule has 0 amide bonds. The maximum Gasteiger partial charge on any atom is 0.205 e. The van der Waals surface area contributed by atoms with Gasteiger partial charge in [0.2, 0.25) is 5.78 Å². The van der Waals surface area contributed by atoms with Crippen LogP contribution in [0.1, 0.15) is 22.8 Å². The number of aromatic amines is 1. The van der Waals surface area contributed by atoms with E-state index in [1.54, 1.807) is 31.3 Å². The van der Waals surface area contributed by atoms with Gasteiger partial charge in [0.15, 0.2) is 17.6 Å². The van der Waals surface area contributed by atoms with E-state index in [4.69, 9.17) is 14.7 Å². The fraction of sp³-hybridized carbons (Fsp3) is 0.158. The van der Waals surface area contributed by atoms with E-state index in [2.05, 4.69) is 4.98 Å². The van der Waals surface area contributed by atoms with Gasteiger partial charge in [0.05, 0.1) is 18.7 Å². The molecular formula is C19H16N2O3. The third kappa shape index (κ3) is 2.82. The molecule has 0 aliphatic heterocycles. The third-order valence-corrected chi connectivity index (χ3v) is 3.82. The lowest BCUT2D eigenvalue weighted by atomic mass is 10.1. The molecule has 0 saturated heterocycles. The molecule has 1 aromatic heterocycles. The predicted octanol–water partition coefficient (Wildman–Crippen LogP) is 3.70. The highest BCUT2D eigenvalue weighted by Gasteiger charge is 2.21. The van der Waals surface area contributed by atoms with Gasteiger partial charge in [-0.05, 0) is 25.1 Å². The molecule has 0 aliphatic carbocycles. The van der Waals surface area contributed by atoms with Crippen molar-refractivity contribution in [2.45, 2.75) is 13.0 Å². The van der Waals surface area contributed by atoms with Crippen LogP contribution in [0.2, 0.25) is 0 Å². The summed E-state index contributed by atoms with van der Waals surface area (Å²) in [7, 11) is 1.50. The van der Waals surface area contributed by atoms with Crippen LogP contribution in [0.3, 0.4) is 0 Å². The molecule has 1 N–H and O–H groups in total. The summed E-state index contributed by atoms with van der Waals surface area (Å²) in [5.74, 6) is 0.726. The average molecular weight is 320 g/mol. The van der Waals surface area contributed by atoms with Crippen molar-refractivity contribution in [2.75, 3.05) is 7.11 Å². The second-order valence-electron chi connectivity index (χ2n) is 5.35. The number of fused-ring (bicyclic) bond motifs is 1. The number of nitrogens with zero attached hydrogens (tertiary/aromatic N) is 1. The second-order valence-corrected chi connectivity index (χ2v) is 5.35. The van der Waals surface area contributed by atoms with Crippen molar-refractivity contribution in [1.82, 2.24) is 4.98 Å². The zero-order valence-electron chi connectivity index (χ0n) is 13.4. The van der Waals surface area contributed by atoms with E-state index in [1.165, 1.54) is 7.11 Å². The first-order valence-corrected chi connectivity index (χ1v) is 7.49. The van der Waals surface area contributed by atoms with Gasteiger partial charge >= 0.3 is 0 Å². The van der Waals surface area contributed by atoms with Crippen LogP contribution in [0.15, 0.2) is 48.7 Å². The summed E-state index contributed by atoms with van der Waals surface area (Å²) in [5, 5.41) is 9.81. The first-order chi connectivity index (χ1) is 11.6. The lowest BCUT2D eigenvalue weighted by Crippen LogP contribution is -2.24. The van der Waals surface area contributed by atoms with Crippen molar-refractivity contribution in [3.05, 3.63) is 59.8 Å². The quantitative estimate of drug-likeness (QED) is 0.727. The maximum atomic E-state index is 12.7. The monoisotopic (exact) mass is 320 g/mol. The zero-order chi connectivity index (χ0) is 17.1. The molecule has 2 aromatic carbocycles. The molecule has 0 unspecified atom stereocenters. The highest BCUT2D eigenvalue weighted by Crippen LogP contribution is 2.29. The fourth-order valence-corrected chi connectivity index (χ4v) is 2.57. The minimum Gasteiger partial charge on any atom is -0.493 e. The Labute approximate surface area is 139 Å². The van der Waals surface area contributed by atoms with E-state index in [-0.39, 0.29) is 5.78 Å². The second kappa shape index (κ2) is 6.47. The highest BCUT2D eigenvalue weighted by molar-refractivity contribution is 6.09. The molecule has 1 heterocycles. The topological polar surface area (TPSA) is 75.1 Å². The Balaban J connectivity index is 1.86. The molecular weight excluding hydrogens is 304 g/mol. The Bertz CT molecular complexity index is 937. The molecule has 0 fully saturated rings. The molecule has 0 aliphatic rings. The number of ketones is 1. The minimum atomic E-state index is -0.689. The van der Waals surface area contributed by atoms with Gasteiger partial charge < -0.3 is 14.5 Å². The van der Waals surface area contributed by atoms with Crippen molar-refractivity contribution in [3.8, 4) is 17.6 Å². The Morgan fingerprint density at radius 2 is 2.00 bits per heavy atom. The predicted molar refractivity (Wildman–Crippen MR) is 90.4 cm³/mol. The molecule has 3 aromatic rings. The van der Waals surface area contributed by atoms with E-state index in [0.29, 0.717) is 22.6 Å². The number of carbonyl (C=O) groups is 1. The number of hydrogen-bond acceptors (Lipinski definition) is 4.